The van der Waals surface area contributed by atoms with Crippen LogP contribution in [0.25, 0.3) is 0 Å². The number of hydrogen-bond donors (Lipinski definition) is 1. The van der Waals surface area contributed by atoms with Gasteiger partial charge in [0.05, 0.1) is 7.11 Å². The molecule has 1 rings (SSSR count). The summed E-state index contributed by atoms with van der Waals surface area (Å²) < 4.78 is 4.54. The van der Waals surface area contributed by atoms with Crippen LogP contribution in [-0.4, -0.2) is 25.0 Å². The zero-order valence-electron chi connectivity index (χ0n) is 9.58. The van der Waals surface area contributed by atoms with Crippen molar-refractivity contribution in [1.29, 1.82) is 0 Å². The molecule has 15 heavy (non-hydrogen) atoms. The predicted octanol–water partition coefficient (Wildman–Crippen LogP) is 1.74. The summed E-state index contributed by atoms with van der Waals surface area (Å²) >= 11 is 0. The standard InChI is InChI=1S/C11H19NO3/c1-7(2)10(13)8-5-4-6-9(8)12-11(14)15-3/h7-9H,4-6H2,1-3H3,(H,12,14)/t8-,9-/m1/s1. The van der Waals surface area contributed by atoms with E-state index in [4.69, 9.17) is 0 Å². The number of nitrogens with one attached hydrogen (secondary N) is 1. The lowest BCUT2D eigenvalue weighted by Crippen LogP contribution is -2.41. The third-order valence-corrected chi connectivity index (χ3v) is 2.94. The van der Waals surface area contributed by atoms with Crippen molar-refractivity contribution in [3.05, 3.63) is 0 Å². The molecule has 1 amide bonds. The van der Waals surface area contributed by atoms with Crippen molar-refractivity contribution in [2.75, 3.05) is 7.11 Å². The third-order valence-electron chi connectivity index (χ3n) is 2.94. The van der Waals surface area contributed by atoms with Crippen molar-refractivity contribution in [1.82, 2.24) is 5.32 Å². The molecule has 1 aliphatic carbocycles. The largest absolute Gasteiger partial charge is 0.453 e. The third kappa shape index (κ3) is 2.94. The molecular weight excluding hydrogens is 194 g/mol. The van der Waals surface area contributed by atoms with Crippen molar-refractivity contribution in [3.8, 4) is 0 Å². The van der Waals surface area contributed by atoms with Crippen LogP contribution in [0, 0.1) is 11.8 Å². The summed E-state index contributed by atoms with van der Waals surface area (Å²) in [5.41, 5.74) is 0. The molecule has 4 nitrogen and oxygen atoms in total. The predicted molar refractivity (Wildman–Crippen MR) is 56.5 cm³/mol. The molecule has 2 atom stereocenters. The summed E-state index contributed by atoms with van der Waals surface area (Å²) in [7, 11) is 1.34. The number of carbonyl (C=O) groups is 2. The van der Waals surface area contributed by atoms with Crippen molar-refractivity contribution in [2.24, 2.45) is 11.8 Å². The molecule has 1 aliphatic rings. The van der Waals surface area contributed by atoms with Crippen LogP contribution >= 0.6 is 0 Å². The van der Waals surface area contributed by atoms with E-state index in [0.29, 0.717) is 0 Å². The van der Waals surface area contributed by atoms with Crippen LogP contribution in [0.15, 0.2) is 0 Å². The lowest BCUT2D eigenvalue weighted by molar-refractivity contribution is -0.126. The lowest BCUT2D eigenvalue weighted by Gasteiger charge is -2.20. The summed E-state index contributed by atoms with van der Waals surface area (Å²) in [5.74, 6) is 0.257. The summed E-state index contributed by atoms with van der Waals surface area (Å²) in [6.07, 6.45) is 2.31. The number of methoxy groups -OCH3 is 1. The van der Waals surface area contributed by atoms with Gasteiger partial charge in [-0.25, -0.2) is 4.79 Å². The smallest absolute Gasteiger partial charge is 0.407 e. The van der Waals surface area contributed by atoms with E-state index in [1.165, 1.54) is 7.11 Å². The van der Waals surface area contributed by atoms with E-state index in [0.717, 1.165) is 19.3 Å². The van der Waals surface area contributed by atoms with E-state index in [1.807, 2.05) is 13.8 Å². The fourth-order valence-electron chi connectivity index (χ4n) is 2.11. The first-order chi connectivity index (χ1) is 7.06. The van der Waals surface area contributed by atoms with Gasteiger partial charge >= 0.3 is 6.09 Å². The minimum atomic E-state index is -0.441. The van der Waals surface area contributed by atoms with Gasteiger partial charge in [-0.3, -0.25) is 4.79 Å². The van der Waals surface area contributed by atoms with E-state index in [2.05, 4.69) is 10.1 Å². The van der Waals surface area contributed by atoms with Gasteiger partial charge in [0.2, 0.25) is 0 Å². The summed E-state index contributed by atoms with van der Waals surface area (Å²) in [6, 6.07) is -0.0349. The van der Waals surface area contributed by atoms with Gasteiger partial charge in [-0.2, -0.15) is 0 Å². The van der Waals surface area contributed by atoms with Gasteiger partial charge in [-0.15, -0.1) is 0 Å². The minimum absolute atomic E-state index is 0.0240. The molecule has 4 heteroatoms. The Morgan fingerprint density at radius 2 is 2.00 bits per heavy atom. The number of ketones is 1. The van der Waals surface area contributed by atoms with Gasteiger partial charge in [0, 0.05) is 17.9 Å². The first-order valence-corrected chi connectivity index (χ1v) is 5.44. The van der Waals surface area contributed by atoms with Gasteiger partial charge in [0.25, 0.3) is 0 Å². The molecule has 0 radical (unpaired) electrons. The van der Waals surface area contributed by atoms with Crippen LogP contribution in [0.5, 0.6) is 0 Å². The van der Waals surface area contributed by atoms with E-state index in [9.17, 15) is 9.59 Å². The Labute approximate surface area is 90.4 Å². The second-order valence-corrected chi connectivity index (χ2v) is 4.34. The molecule has 86 valence electrons. The Kier molecular flexibility index (Phi) is 4.12. The highest BCUT2D eigenvalue weighted by Crippen LogP contribution is 2.28. The Hall–Kier alpha value is -1.06. The lowest BCUT2D eigenvalue weighted by atomic mass is 9.91. The Balaban J connectivity index is 2.57. The molecule has 1 saturated carbocycles. The first kappa shape index (κ1) is 12.0. The topological polar surface area (TPSA) is 55.4 Å². The van der Waals surface area contributed by atoms with Gasteiger partial charge in [-0.05, 0) is 12.8 Å². The Morgan fingerprint density at radius 1 is 1.33 bits per heavy atom. The van der Waals surface area contributed by atoms with E-state index in [-0.39, 0.29) is 23.7 Å². The van der Waals surface area contributed by atoms with Gasteiger partial charge in [-0.1, -0.05) is 20.3 Å². The number of alkyl carbamates (subject to hydrolysis) is 1. The molecule has 0 aromatic carbocycles. The molecule has 0 aromatic heterocycles. The SMILES string of the molecule is COC(=O)N[C@@H]1CCC[C@H]1C(=O)C(C)C. The van der Waals surface area contributed by atoms with Crippen LogP contribution in [0.2, 0.25) is 0 Å². The first-order valence-electron chi connectivity index (χ1n) is 5.44. The van der Waals surface area contributed by atoms with Crippen LogP contribution in [-0.2, 0) is 9.53 Å². The zero-order chi connectivity index (χ0) is 11.4. The maximum atomic E-state index is 11.8. The van der Waals surface area contributed by atoms with Crippen molar-refractivity contribution in [2.45, 2.75) is 39.2 Å². The van der Waals surface area contributed by atoms with E-state index in [1.54, 1.807) is 0 Å². The van der Waals surface area contributed by atoms with Crippen LogP contribution in [0.3, 0.4) is 0 Å². The number of carbonyl (C=O) groups excluding carboxylic acids is 2. The van der Waals surface area contributed by atoms with Crippen molar-refractivity contribution >= 4 is 11.9 Å². The normalized spacial score (nSPS) is 25.3. The summed E-state index contributed by atoms with van der Waals surface area (Å²) in [6.45, 7) is 3.80. The molecule has 1 fully saturated rings. The van der Waals surface area contributed by atoms with Crippen molar-refractivity contribution in [3.63, 3.8) is 0 Å². The van der Waals surface area contributed by atoms with Crippen LogP contribution in [0.1, 0.15) is 33.1 Å². The Morgan fingerprint density at radius 3 is 2.53 bits per heavy atom. The molecule has 0 bridgehead atoms. The molecule has 1 N–H and O–H groups in total. The maximum Gasteiger partial charge on any atom is 0.407 e. The monoisotopic (exact) mass is 213 g/mol. The molecule has 0 spiro atoms. The molecule has 0 heterocycles. The molecule has 0 aromatic rings. The summed E-state index contributed by atoms with van der Waals surface area (Å²) in [4.78, 5) is 22.9. The average Bonchev–Trinajstić information content (AvgIpc) is 2.64. The van der Waals surface area contributed by atoms with Gasteiger partial charge in [0.15, 0.2) is 0 Å². The maximum absolute atomic E-state index is 11.8. The molecular formula is C11H19NO3. The second kappa shape index (κ2) is 5.14. The van der Waals surface area contributed by atoms with E-state index < -0.39 is 6.09 Å². The highest BCUT2D eigenvalue weighted by molar-refractivity contribution is 5.84. The van der Waals surface area contributed by atoms with Crippen LogP contribution in [0.4, 0.5) is 4.79 Å². The zero-order valence-corrected chi connectivity index (χ0v) is 9.58. The quantitative estimate of drug-likeness (QED) is 0.776. The second-order valence-electron chi connectivity index (χ2n) is 4.34. The minimum Gasteiger partial charge on any atom is -0.453 e. The van der Waals surface area contributed by atoms with Gasteiger partial charge < -0.3 is 10.1 Å². The highest BCUT2D eigenvalue weighted by atomic mass is 16.5. The number of Topliss-reactive ketones (excluding diaryl/α,β-unsaturated/α-hetero) is 1. The molecule has 0 unspecified atom stereocenters. The van der Waals surface area contributed by atoms with Gasteiger partial charge in [0.1, 0.15) is 5.78 Å². The number of ether oxygens (including phenoxy) is 1. The number of amides is 1. The van der Waals surface area contributed by atoms with Crippen LogP contribution < -0.4 is 5.32 Å². The average molecular weight is 213 g/mol. The van der Waals surface area contributed by atoms with E-state index >= 15 is 0 Å². The highest BCUT2D eigenvalue weighted by Gasteiger charge is 2.34. The number of rotatable bonds is 3. The number of hydrogen-bond acceptors (Lipinski definition) is 3. The molecule has 0 aliphatic heterocycles. The van der Waals surface area contributed by atoms with Crippen molar-refractivity contribution < 1.29 is 14.3 Å². The Bertz CT molecular complexity index is 250. The fourth-order valence-corrected chi connectivity index (χ4v) is 2.11. The molecule has 0 saturated heterocycles. The summed E-state index contributed by atoms with van der Waals surface area (Å²) in [5, 5.41) is 2.73. The fraction of sp³-hybridized carbons (Fsp3) is 0.818.